The molecule has 0 spiro atoms. The van der Waals surface area contributed by atoms with Crippen molar-refractivity contribution in [1.82, 2.24) is 15.1 Å². The summed E-state index contributed by atoms with van der Waals surface area (Å²) in [5.74, 6) is 0.866. The van der Waals surface area contributed by atoms with Gasteiger partial charge < -0.3 is 4.90 Å². The topological polar surface area (TPSA) is 32.3 Å². The zero-order chi connectivity index (χ0) is 13.9. The van der Waals surface area contributed by atoms with E-state index in [0.29, 0.717) is 23.8 Å². The second-order valence-corrected chi connectivity index (χ2v) is 6.00. The van der Waals surface area contributed by atoms with E-state index in [-0.39, 0.29) is 6.67 Å². The Hall–Kier alpha value is -0.940. The van der Waals surface area contributed by atoms with Crippen molar-refractivity contribution in [2.45, 2.75) is 37.8 Å². The molecule has 0 unspecified atom stereocenters. The van der Waals surface area contributed by atoms with Crippen molar-refractivity contribution in [2.75, 3.05) is 31.2 Å². The number of hydrogen-bond donors (Lipinski definition) is 0. The van der Waals surface area contributed by atoms with Crippen molar-refractivity contribution in [1.29, 1.82) is 0 Å². The first-order valence-electron chi connectivity index (χ1n) is 7.34. The van der Waals surface area contributed by atoms with E-state index in [0.717, 1.165) is 25.3 Å². The van der Waals surface area contributed by atoms with Crippen LogP contribution in [-0.2, 0) is 0 Å². The van der Waals surface area contributed by atoms with Gasteiger partial charge in [0.15, 0.2) is 11.0 Å². The lowest BCUT2D eigenvalue weighted by atomic mass is 9.90. The molecular formula is C14H20ClFN4. The maximum Gasteiger partial charge on any atom is 0.151 e. The Morgan fingerprint density at radius 2 is 2.10 bits per heavy atom. The first-order chi connectivity index (χ1) is 9.78. The van der Waals surface area contributed by atoms with Crippen molar-refractivity contribution in [2.24, 2.45) is 0 Å². The van der Waals surface area contributed by atoms with Crippen LogP contribution in [0.4, 0.5) is 10.2 Å². The largest absolute Gasteiger partial charge is 0.353 e. The van der Waals surface area contributed by atoms with Gasteiger partial charge in [0.05, 0.1) is 0 Å². The van der Waals surface area contributed by atoms with E-state index in [2.05, 4.69) is 20.0 Å². The van der Waals surface area contributed by atoms with Crippen LogP contribution in [0.3, 0.4) is 0 Å². The molecule has 2 aliphatic rings. The van der Waals surface area contributed by atoms with Crippen LogP contribution in [0, 0.1) is 0 Å². The molecule has 1 saturated carbocycles. The number of rotatable bonds is 5. The third-order valence-corrected chi connectivity index (χ3v) is 4.66. The molecule has 2 fully saturated rings. The Kier molecular flexibility index (Phi) is 4.36. The van der Waals surface area contributed by atoms with Crippen molar-refractivity contribution >= 4 is 17.4 Å². The Balaban J connectivity index is 1.64. The molecule has 1 saturated heterocycles. The Morgan fingerprint density at radius 1 is 1.25 bits per heavy atom. The highest BCUT2D eigenvalue weighted by molar-refractivity contribution is 6.29. The highest BCUT2D eigenvalue weighted by atomic mass is 35.5. The van der Waals surface area contributed by atoms with Crippen molar-refractivity contribution in [3.63, 3.8) is 0 Å². The van der Waals surface area contributed by atoms with Crippen molar-refractivity contribution < 1.29 is 4.39 Å². The maximum absolute atomic E-state index is 12.8. The predicted molar refractivity (Wildman–Crippen MR) is 78.0 cm³/mol. The number of aromatic nitrogens is 2. The second-order valence-electron chi connectivity index (χ2n) is 5.61. The molecule has 2 heterocycles. The highest BCUT2D eigenvalue weighted by Crippen LogP contribution is 2.30. The maximum atomic E-state index is 12.8. The van der Waals surface area contributed by atoms with E-state index in [9.17, 15) is 4.39 Å². The zero-order valence-corrected chi connectivity index (χ0v) is 12.3. The summed E-state index contributed by atoms with van der Waals surface area (Å²) in [7, 11) is 0. The normalized spacial score (nSPS) is 23.4. The van der Waals surface area contributed by atoms with Crippen LogP contribution >= 0.6 is 11.6 Å². The predicted octanol–water partition coefficient (Wildman–Crippen LogP) is 2.53. The third kappa shape index (κ3) is 2.88. The van der Waals surface area contributed by atoms with Crippen LogP contribution in [-0.4, -0.2) is 53.5 Å². The molecule has 1 aromatic rings. The first-order valence-corrected chi connectivity index (χ1v) is 7.71. The molecule has 0 aromatic carbocycles. The Labute approximate surface area is 123 Å². The van der Waals surface area contributed by atoms with Crippen LogP contribution < -0.4 is 4.90 Å². The van der Waals surface area contributed by atoms with Crippen molar-refractivity contribution in [3.8, 4) is 0 Å². The van der Waals surface area contributed by atoms with Gasteiger partial charge in [0.1, 0.15) is 6.67 Å². The number of halogens is 2. The highest BCUT2D eigenvalue weighted by Gasteiger charge is 2.34. The molecule has 20 heavy (non-hydrogen) atoms. The summed E-state index contributed by atoms with van der Waals surface area (Å²) in [5.41, 5.74) is 0. The van der Waals surface area contributed by atoms with Crippen molar-refractivity contribution in [3.05, 3.63) is 17.3 Å². The molecule has 0 amide bonds. The Morgan fingerprint density at radius 3 is 2.70 bits per heavy atom. The molecule has 0 N–H and O–H groups in total. The van der Waals surface area contributed by atoms with Gasteiger partial charge in [-0.05, 0) is 31.4 Å². The van der Waals surface area contributed by atoms with E-state index in [4.69, 9.17) is 11.6 Å². The summed E-state index contributed by atoms with van der Waals surface area (Å²) in [6.45, 7) is 2.17. The fraction of sp³-hybridized carbons (Fsp3) is 0.714. The lowest BCUT2D eigenvalue weighted by Gasteiger charge is -2.40. The third-order valence-electron chi connectivity index (χ3n) is 4.46. The van der Waals surface area contributed by atoms with E-state index < -0.39 is 0 Å². The van der Waals surface area contributed by atoms with Gasteiger partial charge in [0, 0.05) is 31.7 Å². The molecule has 1 aliphatic carbocycles. The lowest BCUT2D eigenvalue weighted by molar-refractivity contribution is 0.0807. The average molecular weight is 299 g/mol. The fourth-order valence-corrected chi connectivity index (χ4v) is 3.28. The van der Waals surface area contributed by atoms with Gasteiger partial charge in [-0.15, -0.1) is 10.2 Å². The van der Waals surface area contributed by atoms with Gasteiger partial charge >= 0.3 is 0 Å². The molecule has 110 valence electrons. The molecular weight excluding hydrogens is 279 g/mol. The fourth-order valence-electron chi connectivity index (χ4n) is 3.18. The van der Waals surface area contributed by atoms with Crippen LogP contribution in [0.15, 0.2) is 12.1 Å². The number of hydrogen-bond acceptors (Lipinski definition) is 4. The summed E-state index contributed by atoms with van der Waals surface area (Å²) in [6, 6.07) is 4.70. The van der Waals surface area contributed by atoms with Gasteiger partial charge in [-0.2, -0.15) is 0 Å². The summed E-state index contributed by atoms with van der Waals surface area (Å²) in [5, 5.41) is 8.44. The smallest absolute Gasteiger partial charge is 0.151 e. The number of alkyl halides is 1. The molecule has 1 aliphatic heterocycles. The summed E-state index contributed by atoms with van der Waals surface area (Å²) in [4.78, 5) is 4.59. The minimum Gasteiger partial charge on any atom is -0.353 e. The minimum absolute atomic E-state index is 0.256. The molecule has 6 heteroatoms. The average Bonchev–Trinajstić information content (AvgIpc) is 2.86. The van der Waals surface area contributed by atoms with Gasteiger partial charge in [0.2, 0.25) is 0 Å². The molecule has 1 aromatic heterocycles. The molecule has 3 rings (SSSR count). The minimum atomic E-state index is -0.256. The van der Waals surface area contributed by atoms with E-state index in [1.807, 2.05) is 6.07 Å². The van der Waals surface area contributed by atoms with E-state index in [1.165, 1.54) is 19.3 Å². The Bertz CT molecular complexity index is 437. The SMILES string of the molecule is FCCN(C1CCC1)[C@@H]1CCN(c2ccc(Cl)nn2)C1. The van der Waals surface area contributed by atoms with Gasteiger partial charge in [0.25, 0.3) is 0 Å². The van der Waals surface area contributed by atoms with Gasteiger partial charge in [-0.25, -0.2) is 4.39 Å². The van der Waals surface area contributed by atoms with E-state index in [1.54, 1.807) is 6.07 Å². The molecule has 0 bridgehead atoms. The van der Waals surface area contributed by atoms with Crippen LogP contribution in [0.5, 0.6) is 0 Å². The van der Waals surface area contributed by atoms with Crippen LogP contribution in [0.1, 0.15) is 25.7 Å². The second kappa shape index (κ2) is 6.22. The van der Waals surface area contributed by atoms with Gasteiger partial charge in [-0.1, -0.05) is 18.0 Å². The summed E-state index contributed by atoms with van der Waals surface area (Å²) in [6.07, 6.45) is 4.79. The lowest BCUT2D eigenvalue weighted by Crippen LogP contribution is -2.48. The quantitative estimate of drug-likeness (QED) is 0.836. The monoisotopic (exact) mass is 298 g/mol. The molecule has 0 radical (unpaired) electrons. The van der Waals surface area contributed by atoms with Gasteiger partial charge in [-0.3, -0.25) is 4.90 Å². The summed E-state index contributed by atoms with van der Waals surface area (Å²) < 4.78 is 12.8. The number of nitrogens with zero attached hydrogens (tertiary/aromatic N) is 4. The summed E-state index contributed by atoms with van der Waals surface area (Å²) >= 11 is 5.76. The van der Waals surface area contributed by atoms with E-state index >= 15 is 0 Å². The number of anilines is 1. The van der Waals surface area contributed by atoms with Crippen LogP contribution in [0.25, 0.3) is 0 Å². The zero-order valence-electron chi connectivity index (χ0n) is 11.5. The molecule has 1 atom stereocenters. The first kappa shape index (κ1) is 14.0. The van der Waals surface area contributed by atoms with Crippen LogP contribution in [0.2, 0.25) is 5.15 Å². The standard InChI is InChI=1S/C14H20ClFN4/c15-13-4-5-14(18-17-13)19-8-6-12(10-19)20(9-7-16)11-2-1-3-11/h4-5,11-12H,1-3,6-10H2/t12-/m1/s1. The molecule has 4 nitrogen and oxygen atoms in total.